The molecular formula is C15H29N3S. The second-order valence-electron chi connectivity index (χ2n) is 5.04. The number of likely N-dealkylation sites (N-methyl/N-ethyl adjacent to an activating group) is 1. The predicted molar refractivity (Wildman–Crippen MR) is 85.4 cm³/mol. The van der Waals surface area contributed by atoms with Crippen molar-refractivity contribution in [1.29, 1.82) is 0 Å². The summed E-state index contributed by atoms with van der Waals surface area (Å²) in [5, 5.41) is 4.36. The van der Waals surface area contributed by atoms with Crippen molar-refractivity contribution in [2.24, 2.45) is 5.84 Å². The Morgan fingerprint density at radius 1 is 1.26 bits per heavy atom. The van der Waals surface area contributed by atoms with Gasteiger partial charge >= 0.3 is 0 Å². The molecule has 0 aliphatic rings. The molecule has 0 radical (unpaired) electrons. The summed E-state index contributed by atoms with van der Waals surface area (Å²) in [4.78, 5) is 2.56. The molecule has 0 fully saturated rings. The molecule has 1 rings (SSSR count). The molecule has 0 spiro atoms. The second kappa shape index (κ2) is 8.00. The van der Waals surface area contributed by atoms with Crippen LogP contribution in [0, 0.1) is 0 Å². The van der Waals surface area contributed by atoms with Gasteiger partial charge in [-0.3, -0.25) is 16.2 Å². The van der Waals surface area contributed by atoms with Crippen molar-refractivity contribution in [3.05, 3.63) is 22.4 Å². The van der Waals surface area contributed by atoms with Crippen LogP contribution in [0.5, 0.6) is 0 Å². The molecular weight excluding hydrogens is 254 g/mol. The Labute approximate surface area is 122 Å². The van der Waals surface area contributed by atoms with Crippen LogP contribution in [-0.4, -0.2) is 29.6 Å². The van der Waals surface area contributed by atoms with Gasteiger partial charge in [-0.1, -0.05) is 27.7 Å². The van der Waals surface area contributed by atoms with Gasteiger partial charge < -0.3 is 0 Å². The van der Waals surface area contributed by atoms with Gasteiger partial charge in [0, 0.05) is 11.6 Å². The van der Waals surface area contributed by atoms with Crippen molar-refractivity contribution in [1.82, 2.24) is 10.3 Å². The van der Waals surface area contributed by atoms with Gasteiger partial charge in [-0.25, -0.2) is 0 Å². The lowest BCUT2D eigenvalue weighted by molar-refractivity contribution is 0.0492. The predicted octanol–water partition coefficient (Wildman–Crippen LogP) is 3.02. The van der Waals surface area contributed by atoms with E-state index in [2.05, 4.69) is 54.8 Å². The molecule has 3 N–H and O–H groups in total. The van der Waals surface area contributed by atoms with E-state index in [9.17, 15) is 0 Å². The number of nitrogens with zero attached hydrogens (tertiary/aromatic N) is 1. The summed E-state index contributed by atoms with van der Waals surface area (Å²) in [5.74, 6) is 5.90. The van der Waals surface area contributed by atoms with Crippen LogP contribution >= 0.6 is 11.3 Å². The number of hydrogen-bond donors (Lipinski definition) is 2. The molecule has 3 nitrogen and oxygen atoms in total. The Morgan fingerprint density at radius 2 is 1.89 bits per heavy atom. The summed E-state index contributed by atoms with van der Waals surface area (Å²) in [6.45, 7) is 11.2. The third kappa shape index (κ3) is 3.57. The smallest absolute Gasteiger partial charge is 0.0435 e. The summed E-state index contributed by atoms with van der Waals surface area (Å²) >= 11 is 1.76. The lowest BCUT2D eigenvalue weighted by atomic mass is 9.80. The highest BCUT2D eigenvalue weighted by Crippen LogP contribution is 2.30. The fourth-order valence-corrected chi connectivity index (χ4v) is 3.99. The molecule has 0 aliphatic heterocycles. The van der Waals surface area contributed by atoms with E-state index in [1.54, 1.807) is 11.3 Å². The van der Waals surface area contributed by atoms with Gasteiger partial charge in [0.25, 0.3) is 0 Å². The van der Waals surface area contributed by atoms with E-state index < -0.39 is 0 Å². The van der Waals surface area contributed by atoms with Crippen molar-refractivity contribution in [2.45, 2.75) is 58.5 Å². The second-order valence-corrected chi connectivity index (χ2v) is 5.82. The summed E-state index contributed by atoms with van der Waals surface area (Å²) in [7, 11) is 0. The minimum Gasteiger partial charge on any atom is -0.297 e. The summed E-state index contributed by atoms with van der Waals surface area (Å²) in [5.41, 5.74) is 4.62. The molecule has 110 valence electrons. The first-order valence-corrected chi connectivity index (χ1v) is 8.34. The zero-order valence-electron chi connectivity index (χ0n) is 12.8. The fraction of sp³-hybridized carbons (Fsp3) is 0.733. The van der Waals surface area contributed by atoms with Crippen LogP contribution in [0.4, 0.5) is 0 Å². The van der Waals surface area contributed by atoms with Crippen LogP contribution in [-0.2, 0) is 6.42 Å². The van der Waals surface area contributed by atoms with Crippen molar-refractivity contribution in [3.8, 4) is 0 Å². The van der Waals surface area contributed by atoms with E-state index in [1.165, 1.54) is 5.56 Å². The van der Waals surface area contributed by atoms with Gasteiger partial charge in [0.05, 0.1) is 0 Å². The molecule has 1 heterocycles. The number of thiophene rings is 1. The lowest BCUT2D eigenvalue weighted by Gasteiger charge is -2.47. The lowest BCUT2D eigenvalue weighted by Crippen LogP contribution is -2.63. The average Bonchev–Trinajstić information content (AvgIpc) is 2.95. The third-order valence-corrected chi connectivity index (χ3v) is 5.22. The van der Waals surface area contributed by atoms with Gasteiger partial charge in [0.15, 0.2) is 0 Å². The number of hydrazine groups is 1. The van der Waals surface area contributed by atoms with Gasteiger partial charge in [-0.15, -0.1) is 0 Å². The molecule has 0 aromatic carbocycles. The van der Waals surface area contributed by atoms with Gasteiger partial charge in [-0.05, 0) is 54.7 Å². The first-order valence-electron chi connectivity index (χ1n) is 7.40. The zero-order valence-corrected chi connectivity index (χ0v) is 13.6. The highest BCUT2D eigenvalue weighted by Gasteiger charge is 2.39. The SMILES string of the molecule is CCN(CC)C(CC)(CC)C(Cc1ccsc1)NN. The molecule has 0 aliphatic carbocycles. The molecule has 1 atom stereocenters. The van der Waals surface area contributed by atoms with E-state index in [0.29, 0.717) is 0 Å². The molecule has 0 saturated heterocycles. The van der Waals surface area contributed by atoms with Crippen molar-refractivity contribution < 1.29 is 0 Å². The summed E-state index contributed by atoms with van der Waals surface area (Å²) < 4.78 is 0. The van der Waals surface area contributed by atoms with Gasteiger partial charge in [0.2, 0.25) is 0 Å². The molecule has 4 heteroatoms. The highest BCUT2D eigenvalue weighted by molar-refractivity contribution is 7.07. The first kappa shape index (κ1) is 16.6. The molecule has 1 unspecified atom stereocenters. The number of nitrogens with one attached hydrogen (secondary N) is 1. The third-order valence-electron chi connectivity index (χ3n) is 4.49. The van der Waals surface area contributed by atoms with Crippen LogP contribution in [0.1, 0.15) is 46.1 Å². The number of nitrogens with two attached hydrogens (primary N) is 1. The maximum absolute atomic E-state index is 5.90. The molecule has 1 aromatic rings. The van der Waals surface area contributed by atoms with E-state index in [-0.39, 0.29) is 11.6 Å². The van der Waals surface area contributed by atoms with Crippen LogP contribution < -0.4 is 11.3 Å². The normalized spacial score (nSPS) is 14.0. The Balaban J connectivity index is 2.98. The van der Waals surface area contributed by atoms with E-state index in [0.717, 1.165) is 32.4 Å². The summed E-state index contributed by atoms with van der Waals surface area (Å²) in [6.07, 6.45) is 3.23. The maximum Gasteiger partial charge on any atom is 0.0435 e. The molecule has 1 aromatic heterocycles. The van der Waals surface area contributed by atoms with Crippen LogP contribution in [0.15, 0.2) is 16.8 Å². The molecule has 0 saturated carbocycles. The van der Waals surface area contributed by atoms with Crippen molar-refractivity contribution in [2.75, 3.05) is 13.1 Å². The van der Waals surface area contributed by atoms with Crippen molar-refractivity contribution in [3.63, 3.8) is 0 Å². The molecule has 0 amide bonds. The Bertz CT molecular complexity index is 329. The standard InChI is InChI=1S/C15H29N3S/c1-5-15(6-2,18(7-3)8-4)14(17-16)11-13-9-10-19-12-13/h9-10,12,14,17H,5-8,11,16H2,1-4H3. The zero-order chi connectivity index (χ0) is 14.3. The topological polar surface area (TPSA) is 41.3 Å². The Kier molecular flexibility index (Phi) is 7.00. The van der Waals surface area contributed by atoms with E-state index in [4.69, 9.17) is 5.84 Å². The van der Waals surface area contributed by atoms with Crippen LogP contribution in [0.2, 0.25) is 0 Å². The van der Waals surface area contributed by atoms with E-state index in [1.807, 2.05) is 0 Å². The number of rotatable bonds is 9. The maximum atomic E-state index is 5.90. The minimum atomic E-state index is 0.139. The monoisotopic (exact) mass is 283 g/mol. The van der Waals surface area contributed by atoms with Crippen molar-refractivity contribution >= 4 is 11.3 Å². The van der Waals surface area contributed by atoms with Gasteiger partial charge in [-0.2, -0.15) is 11.3 Å². The average molecular weight is 283 g/mol. The minimum absolute atomic E-state index is 0.139. The number of hydrogen-bond acceptors (Lipinski definition) is 4. The highest BCUT2D eigenvalue weighted by atomic mass is 32.1. The Hall–Kier alpha value is -0.420. The largest absolute Gasteiger partial charge is 0.297 e. The summed E-state index contributed by atoms with van der Waals surface area (Å²) in [6, 6.07) is 2.49. The molecule has 19 heavy (non-hydrogen) atoms. The molecule has 0 bridgehead atoms. The first-order chi connectivity index (χ1) is 9.18. The van der Waals surface area contributed by atoms with Gasteiger partial charge in [0.1, 0.15) is 0 Å². The van der Waals surface area contributed by atoms with Crippen LogP contribution in [0.3, 0.4) is 0 Å². The van der Waals surface area contributed by atoms with E-state index >= 15 is 0 Å². The fourth-order valence-electron chi connectivity index (χ4n) is 3.31. The quantitative estimate of drug-likeness (QED) is 0.541. The Morgan fingerprint density at radius 3 is 2.26 bits per heavy atom. The van der Waals surface area contributed by atoms with Crippen LogP contribution in [0.25, 0.3) is 0 Å².